The zero-order chi connectivity index (χ0) is 13.1. The normalized spacial score (nSPS) is 26.9. The van der Waals surface area contributed by atoms with Gasteiger partial charge in [0.1, 0.15) is 0 Å². The first-order chi connectivity index (χ1) is 7.86. The van der Waals surface area contributed by atoms with Gasteiger partial charge in [0.2, 0.25) is 10.0 Å². The maximum absolute atomic E-state index is 12.0. The van der Waals surface area contributed by atoms with Gasteiger partial charge in [-0.25, -0.2) is 8.42 Å². The number of hydrogen-bond donors (Lipinski definition) is 2. The molecule has 0 aliphatic carbocycles. The molecule has 0 radical (unpaired) electrons. The Bertz CT molecular complexity index is 369. The molecule has 1 heterocycles. The SMILES string of the molecule is CC1CCN(S(=O)(=O)CCC(=O)O)C(CN)C1. The Morgan fingerprint density at radius 3 is 2.71 bits per heavy atom. The number of nitrogens with zero attached hydrogens (tertiary/aromatic N) is 1. The molecule has 1 rings (SSSR count). The Hall–Kier alpha value is -0.660. The molecule has 6 nitrogen and oxygen atoms in total. The molecule has 0 aromatic heterocycles. The van der Waals surface area contributed by atoms with Gasteiger partial charge in [0.15, 0.2) is 0 Å². The first-order valence-corrected chi connectivity index (χ1v) is 7.39. The molecule has 0 amide bonds. The molecule has 3 N–H and O–H groups in total. The summed E-state index contributed by atoms with van der Waals surface area (Å²) in [5.41, 5.74) is 5.59. The predicted octanol–water partition coefficient (Wildman–Crippen LogP) is -0.150. The predicted molar refractivity (Wildman–Crippen MR) is 64.0 cm³/mol. The Kier molecular flexibility index (Phi) is 4.91. The Morgan fingerprint density at radius 2 is 2.18 bits per heavy atom. The Morgan fingerprint density at radius 1 is 1.53 bits per heavy atom. The lowest BCUT2D eigenvalue weighted by atomic mass is 9.94. The minimum absolute atomic E-state index is 0.183. The van der Waals surface area contributed by atoms with Gasteiger partial charge in [-0.1, -0.05) is 6.92 Å². The summed E-state index contributed by atoms with van der Waals surface area (Å²) < 4.78 is 25.3. The number of carbonyl (C=O) groups is 1. The summed E-state index contributed by atoms with van der Waals surface area (Å²) in [5, 5.41) is 8.53. The average molecular weight is 264 g/mol. The molecule has 1 saturated heterocycles. The molecule has 17 heavy (non-hydrogen) atoms. The smallest absolute Gasteiger partial charge is 0.304 e. The van der Waals surface area contributed by atoms with Gasteiger partial charge in [-0.15, -0.1) is 0 Å². The van der Waals surface area contributed by atoms with Crippen LogP contribution in [-0.4, -0.2) is 48.7 Å². The first-order valence-electron chi connectivity index (χ1n) is 5.78. The number of rotatable bonds is 5. The quantitative estimate of drug-likeness (QED) is 0.719. The zero-order valence-corrected chi connectivity index (χ0v) is 10.8. The molecule has 2 unspecified atom stereocenters. The summed E-state index contributed by atoms with van der Waals surface area (Å²) in [4.78, 5) is 10.4. The summed E-state index contributed by atoms with van der Waals surface area (Å²) in [6, 6.07) is -0.183. The van der Waals surface area contributed by atoms with E-state index >= 15 is 0 Å². The standard InChI is InChI=1S/C10H20N2O4S/c1-8-2-4-12(9(6-8)7-11)17(15,16)5-3-10(13)14/h8-9H,2-7,11H2,1H3,(H,13,14). The zero-order valence-electron chi connectivity index (χ0n) is 10.0. The van der Waals surface area contributed by atoms with Crippen molar-refractivity contribution in [2.24, 2.45) is 11.7 Å². The van der Waals surface area contributed by atoms with Gasteiger partial charge in [0, 0.05) is 19.1 Å². The number of nitrogens with two attached hydrogens (primary N) is 1. The lowest BCUT2D eigenvalue weighted by Crippen LogP contribution is -2.50. The van der Waals surface area contributed by atoms with Crippen LogP contribution in [0.15, 0.2) is 0 Å². The molecule has 0 bridgehead atoms. The lowest BCUT2D eigenvalue weighted by Gasteiger charge is -2.36. The van der Waals surface area contributed by atoms with Gasteiger partial charge >= 0.3 is 5.97 Å². The summed E-state index contributed by atoms with van der Waals surface area (Å²) in [6.45, 7) is 2.81. The van der Waals surface area contributed by atoms with E-state index in [-0.39, 0.29) is 24.8 Å². The second-order valence-corrected chi connectivity index (χ2v) is 6.63. The highest BCUT2D eigenvalue weighted by Crippen LogP contribution is 2.24. The van der Waals surface area contributed by atoms with E-state index in [1.165, 1.54) is 4.31 Å². The van der Waals surface area contributed by atoms with Crippen molar-refractivity contribution in [1.29, 1.82) is 0 Å². The molecule has 1 aliphatic rings. The van der Waals surface area contributed by atoms with Crippen molar-refractivity contribution >= 4 is 16.0 Å². The number of hydrogen-bond acceptors (Lipinski definition) is 4. The van der Waals surface area contributed by atoms with Crippen LogP contribution in [0.25, 0.3) is 0 Å². The number of aliphatic carboxylic acids is 1. The number of piperidine rings is 1. The molecular formula is C10H20N2O4S. The van der Waals surface area contributed by atoms with Crippen LogP contribution >= 0.6 is 0 Å². The number of sulfonamides is 1. The van der Waals surface area contributed by atoms with E-state index in [0.717, 1.165) is 12.8 Å². The average Bonchev–Trinajstić information content (AvgIpc) is 2.26. The minimum Gasteiger partial charge on any atom is -0.481 e. The molecule has 0 saturated carbocycles. The maximum atomic E-state index is 12.0. The first kappa shape index (κ1) is 14.4. The second-order valence-electron chi connectivity index (χ2n) is 4.59. The van der Waals surface area contributed by atoms with E-state index in [4.69, 9.17) is 10.8 Å². The molecule has 0 aromatic rings. The largest absolute Gasteiger partial charge is 0.481 e. The third-order valence-corrected chi connectivity index (χ3v) is 5.04. The monoisotopic (exact) mass is 264 g/mol. The van der Waals surface area contributed by atoms with Crippen LogP contribution in [0.2, 0.25) is 0 Å². The van der Waals surface area contributed by atoms with Crippen molar-refractivity contribution in [1.82, 2.24) is 4.31 Å². The fraction of sp³-hybridized carbons (Fsp3) is 0.900. The van der Waals surface area contributed by atoms with E-state index in [0.29, 0.717) is 12.5 Å². The Labute approximate surface area is 102 Å². The topological polar surface area (TPSA) is 101 Å². The van der Waals surface area contributed by atoms with Crippen molar-refractivity contribution < 1.29 is 18.3 Å². The number of carboxylic acid groups (broad SMARTS) is 1. The third-order valence-electron chi connectivity index (χ3n) is 3.13. The van der Waals surface area contributed by atoms with Gasteiger partial charge in [-0.05, 0) is 18.8 Å². The number of carboxylic acids is 1. The molecule has 0 aromatic carbocycles. The van der Waals surface area contributed by atoms with Gasteiger partial charge in [-0.2, -0.15) is 4.31 Å². The fourth-order valence-corrected chi connectivity index (χ4v) is 3.82. The molecule has 1 aliphatic heterocycles. The molecule has 100 valence electrons. The van der Waals surface area contributed by atoms with Crippen LogP contribution in [0.3, 0.4) is 0 Å². The summed E-state index contributed by atoms with van der Waals surface area (Å²) >= 11 is 0. The van der Waals surface area contributed by atoms with Crippen molar-refractivity contribution in [2.45, 2.75) is 32.2 Å². The fourth-order valence-electron chi connectivity index (χ4n) is 2.14. The van der Waals surface area contributed by atoms with E-state index in [1.807, 2.05) is 0 Å². The summed E-state index contributed by atoms with van der Waals surface area (Å²) in [7, 11) is -3.49. The summed E-state index contributed by atoms with van der Waals surface area (Å²) in [5.74, 6) is -0.967. The van der Waals surface area contributed by atoms with Crippen molar-refractivity contribution in [3.63, 3.8) is 0 Å². The van der Waals surface area contributed by atoms with Crippen molar-refractivity contribution in [3.05, 3.63) is 0 Å². The van der Waals surface area contributed by atoms with E-state index in [9.17, 15) is 13.2 Å². The highest BCUT2D eigenvalue weighted by Gasteiger charge is 2.33. The van der Waals surface area contributed by atoms with Crippen LogP contribution in [0.4, 0.5) is 0 Å². The second kappa shape index (κ2) is 5.79. The van der Waals surface area contributed by atoms with E-state index < -0.39 is 16.0 Å². The van der Waals surface area contributed by atoms with Crippen molar-refractivity contribution in [3.8, 4) is 0 Å². The summed E-state index contributed by atoms with van der Waals surface area (Å²) in [6.07, 6.45) is 1.21. The van der Waals surface area contributed by atoms with Crippen LogP contribution in [0.5, 0.6) is 0 Å². The van der Waals surface area contributed by atoms with Crippen molar-refractivity contribution in [2.75, 3.05) is 18.8 Å². The third kappa shape index (κ3) is 3.93. The molecule has 7 heteroatoms. The molecule has 0 spiro atoms. The highest BCUT2D eigenvalue weighted by molar-refractivity contribution is 7.89. The maximum Gasteiger partial charge on any atom is 0.304 e. The van der Waals surface area contributed by atoms with E-state index in [1.54, 1.807) is 0 Å². The van der Waals surface area contributed by atoms with Gasteiger partial charge in [0.25, 0.3) is 0 Å². The molecule has 1 fully saturated rings. The highest BCUT2D eigenvalue weighted by atomic mass is 32.2. The Balaban J connectivity index is 2.72. The van der Waals surface area contributed by atoms with Gasteiger partial charge in [-0.3, -0.25) is 4.79 Å². The van der Waals surface area contributed by atoms with Crippen LogP contribution in [-0.2, 0) is 14.8 Å². The van der Waals surface area contributed by atoms with Gasteiger partial charge < -0.3 is 10.8 Å². The van der Waals surface area contributed by atoms with Crippen LogP contribution in [0, 0.1) is 5.92 Å². The molecule has 2 atom stereocenters. The van der Waals surface area contributed by atoms with E-state index in [2.05, 4.69) is 6.92 Å². The van der Waals surface area contributed by atoms with Crippen LogP contribution < -0.4 is 5.73 Å². The lowest BCUT2D eigenvalue weighted by molar-refractivity contribution is -0.136. The van der Waals surface area contributed by atoms with Crippen LogP contribution in [0.1, 0.15) is 26.2 Å². The van der Waals surface area contributed by atoms with Gasteiger partial charge in [0.05, 0.1) is 12.2 Å². The molecular weight excluding hydrogens is 244 g/mol. The minimum atomic E-state index is -3.49.